The zero-order valence-electron chi connectivity index (χ0n) is 10.9. The summed E-state index contributed by atoms with van der Waals surface area (Å²) < 4.78 is 0. The van der Waals surface area contributed by atoms with Crippen molar-refractivity contribution in [2.24, 2.45) is 0 Å². The van der Waals surface area contributed by atoms with Crippen molar-refractivity contribution >= 4 is 6.03 Å². The average Bonchev–Trinajstić information content (AvgIpc) is 2.32. The summed E-state index contributed by atoms with van der Waals surface area (Å²) >= 11 is 0. The quantitative estimate of drug-likeness (QED) is 0.313. The van der Waals surface area contributed by atoms with Crippen molar-refractivity contribution in [1.82, 2.24) is 10.6 Å². The lowest BCUT2D eigenvalue weighted by molar-refractivity contribution is 0.218. The Labute approximate surface area is 104 Å². The molecule has 4 heteroatoms. The van der Waals surface area contributed by atoms with Crippen LogP contribution in [0.4, 0.5) is 4.79 Å². The molecule has 100 valence electrons. The van der Waals surface area contributed by atoms with E-state index >= 15 is 0 Å². The van der Waals surface area contributed by atoms with Crippen LogP contribution in [0.1, 0.15) is 51.9 Å². The maximum Gasteiger partial charge on any atom is 0.316 e. The summed E-state index contributed by atoms with van der Waals surface area (Å²) in [6.07, 6.45) is 12.7. The van der Waals surface area contributed by atoms with Crippen LogP contribution >= 0.6 is 0 Å². The van der Waals surface area contributed by atoms with E-state index in [9.17, 15) is 4.79 Å². The molecule has 0 saturated heterocycles. The van der Waals surface area contributed by atoms with Crippen molar-refractivity contribution in [1.29, 1.82) is 0 Å². The highest BCUT2D eigenvalue weighted by Gasteiger charge is 1.94. The summed E-state index contributed by atoms with van der Waals surface area (Å²) in [6, 6.07) is -0.309. The van der Waals surface area contributed by atoms with Crippen LogP contribution in [-0.2, 0) is 0 Å². The molecular weight excluding hydrogens is 216 g/mol. The van der Waals surface area contributed by atoms with Crippen LogP contribution in [-0.4, -0.2) is 24.4 Å². The van der Waals surface area contributed by atoms with E-state index in [0.717, 1.165) is 12.8 Å². The first-order valence-corrected chi connectivity index (χ1v) is 6.58. The molecular formula is C13H26N2O2. The first-order chi connectivity index (χ1) is 8.31. The second kappa shape index (κ2) is 13.0. The van der Waals surface area contributed by atoms with E-state index in [-0.39, 0.29) is 12.8 Å². The van der Waals surface area contributed by atoms with E-state index in [0.29, 0.717) is 6.54 Å². The van der Waals surface area contributed by atoms with Gasteiger partial charge in [-0.25, -0.2) is 4.79 Å². The van der Waals surface area contributed by atoms with Crippen molar-refractivity contribution in [3.63, 3.8) is 0 Å². The van der Waals surface area contributed by atoms with E-state index in [1.807, 2.05) is 0 Å². The van der Waals surface area contributed by atoms with Gasteiger partial charge in [0.25, 0.3) is 0 Å². The van der Waals surface area contributed by atoms with Crippen LogP contribution in [0.25, 0.3) is 0 Å². The average molecular weight is 242 g/mol. The molecule has 3 N–H and O–H groups in total. The SMILES string of the molecule is CCCCCC/C=C/CCCNC(=O)NCO. The molecule has 0 aromatic carbocycles. The monoisotopic (exact) mass is 242 g/mol. The summed E-state index contributed by atoms with van der Waals surface area (Å²) in [5, 5.41) is 13.3. The number of carbonyl (C=O) groups excluding carboxylic acids is 1. The van der Waals surface area contributed by atoms with Crippen molar-refractivity contribution in [2.75, 3.05) is 13.3 Å². The van der Waals surface area contributed by atoms with Crippen molar-refractivity contribution in [3.05, 3.63) is 12.2 Å². The molecule has 0 aliphatic rings. The van der Waals surface area contributed by atoms with Crippen molar-refractivity contribution < 1.29 is 9.90 Å². The Morgan fingerprint density at radius 1 is 1.06 bits per heavy atom. The molecule has 0 unspecified atom stereocenters. The van der Waals surface area contributed by atoms with Gasteiger partial charge in [0.1, 0.15) is 6.73 Å². The van der Waals surface area contributed by atoms with Gasteiger partial charge in [0.05, 0.1) is 0 Å². The number of aliphatic hydroxyl groups excluding tert-OH is 1. The second-order valence-electron chi connectivity index (χ2n) is 4.05. The van der Waals surface area contributed by atoms with E-state index in [4.69, 9.17) is 5.11 Å². The highest BCUT2D eigenvalue weighted by Crippen LogP contribution is 2.03. The van der Waals surface area contributed by atoms with E-state index < -0.39 is 0 Å². The zero-order chi connectivity index (χ0) is 12.8. The fraction of sp³-hybridized carbons (Fsp3) is 0.769. The maximum atomic E-state index is 10.9. The Morgan fingerprint density at radius 2 is 1.76 bits per heavy atom. The summed E-state index contributed by atoms with van der Waals surface area (Å²) in [5.41, 5.74) is 0. The van der Waals surface area contributed by atoms with Gasteiger partial charge in [-0.05, 0) is 25.7 Å². The predicted molar refractivity (Wildman–Crippen MR) is 70.8 cm³/mol. The molecule has 0 aliphatic carbocycles. The third kappa shape index (κ3) is 12.9. The third-order valence-corrected chi connectivity index (χ3v) is 2.46. The predicted octanol–water partition coefficient (Wildman–Crippen LogP) is 2.54. The molecule has 17 heavy (non-hydrogen) atoms. The smallest absolute Gasteiger partial charge is 0.316 e. The molecule has 0 bridgehead atoms. The van der Waals surface area contributed by atoms with Gasteiger partial charge >= 0.3 is 6.03 Å². The lowest BCUT2D eigenvalue weighted by Gasteiger charge is -2.03. The van der Waals surface area contributed by atoms with Gasteiger partial charge in [-0.15, -0.1) is 0 Å². The minimum atomic E-state index is -0.316. The molecule has 0 aliphatic heterocycles. The van der Waals surface area contributed by atoms with Crippen molar-refractivity contribution in [3.8, 4) is 0 Å². The Bertz CT molecular complexity index is 206. The molecule has 0 heterocycles. The first-order valence-electron chi connectivity index (χ1n) is 6.58. The fourth-order valence-corrected chi connectivity index (χ4v) is 1.48. The Kier molecular flexibility index (Phi) is 12.2. The number of hydrogen-bond donors (Lipinski definition) is 3. The number of amides is 2. The van der Waals surface area contributed by atoms with Crippen LogP contribution in [0.5, 0.6) is 0 Å². The number of aliphatic hydroxyl groups is 1. The van der Waals surface area contributed by atoms with Gasteiger partial charge in [-0.3, -0.25) is 0 Å². The molecule has 0 rings (SSSR count). The number of urea groups is 1. The molecule has 4 nitrogen and oxygen atoms in total. The van der Waals surface area contributed by atoms with Gasteiger partial charge in [0, 0.05) is 6.54 Å². The standard InChI is InChI=1S/C13H26N2O2/c1-2-3-4-5-6-7-8-9-10-11-14-13(17)15-12-16/h7-8,16H,2-6,9-12H2,1H3,(H2,14,15,17)/b8-7+. The lowest BCUT2D eigenvalue weighted by atomic mass is 10.1. The van der Waals surface area contributed by atoms with E-state index in [1.54, 1.807) is 0 Å². The topological polar surface area (TPSA) is 61.4 Å². The molecule has 0 aromatic heterocycles. The number of carbonyl (C=O) groups is 1. The number of nitrogens with one attached hydrogen (secondary N) is 2. The molecule has 0 fully saturated rings. The number of hydrogen-bond acceptors (Lipinski definition) is 2. The maximum absolute atomic E-state index is 10.9. The number of rotatable bonds is 10. The second-order valence-corrected chi connectivity index (χ2v) is 4.05. The van der Waals surface area contributed by atoms with Gasteiger partial charge in [0.15, 0.2) is 0 Å². The highest BCUT2D eigenvalue weighted by molar-refractivity contribution is 5.73. The van der Waals surface area contributed by atoms with Crippen LogP contribution < -0.4 is 10.6 Å². The normalized spacial score (nSPS) is 10.7. The molecule has 0 spiro atoms. The Balaban J connectivity index is 3.16. The van der Waals surface area contributed by atoms with Crippen LogP contribution in [0.3, 0.4) is 0 Å². The van der Waals surface area contributed by atoms with E-state index in [1.165, 1.54) is 32.1 Å². The van der Waals surface area contributed by atoms with Gasteiger partial charge in [-0.2, -0.15) is 0 Å². The minimum Gasteiger partial charge on any atom is -0.376 e. The zero-order valence-corrected chi connectivity index (χ0v) is 10.9. The number of allylic oxidation sites excluding steroid dienone is 2. The summed E-state index contributed by atoms with van der Waals surface area (Å²) in [7, 11) is 0. The Hall–Kier alpha value is -1.03. The Morgan fingerprint density at radius 3 is 2.41 bits per heavy atom. The number of unbranched alkanes of at least 4 members (excludes halogenated alkanes) is 5. The van der Waals surface area contributed by atoms with Crippen LogP contribution in [0.2, 0.25) is 0 Å². The van der Waals surface area contributed by atoms with Gasteiger partial charge in [0.2, 0.25) is 0 Å². The fourth-order valence-electron chi connectivity index (χ4n) is 1.48. The minimum absolute atomic E-state index is 0.309. The van der Waals surface area contributed by atoms with E-state index in [2.05, 4.69) is 29.7 Å². The van der Waals surface area contributed by atoms with Crippen molar-refractivity contribution in [2.45, 2.75) is 51.9 Å². The highest BCUT2D eigenvalue weighted by atomic mass is 16.3. The first kappa shape index (κ1) is 16.0. The third-order valence-electron chi connectivity index (χ3n) is 2.46. The van der Waals surface area contributed by atoms with Crippen LogP contribution in [0.15, 0.2) is 12.2 Å². The molecule has 0 saturated carbocycles. The summed E-state index contributed by atoms with van der Waals surface area (Å²) in [5.74, 6) is 0. The van der Waals surface area contributed by atoms with Crippen LogP contribution in [0, 0.1) is 0 Å². The van der Waals surface area contributed by atoms with Gasteiger partial charge < -0.3 is 15.7 Å². The molecule has 2 amide bonds. The summed E-state index contributed by atoms with van der Waals surface area (Å²) in [4.78, 5) is 10.9. The molecule has 0 aromatic rings. The molecule has 0 radical (unpaired) electrons. The largest absolute Gasteiger partial charge is 0.376 e. The van der Waals surface area contributed by atoms with Gasteiger partial charge in [-0.1, -0.05) is 38.3 Å². The summed E-state index contributed by atoms with van der Waals surface area (Å²) in [6.45, 7) is 2.55. The molecule has 0 atom stereocenters. The lowest BCUT2D eigenvalue weighted by Crippen LogP contribution is -2.36.